The fourth-order valence-corrected chi connectivity index (χ4v) is 2.61. The van der Waals surface area contributed by atoms with Gasteiger partial charge in [-0.3, -0.25) is 0 Å². The monoisotopic (exact) mass is 466 g/mol. The molecule has 5 unspecified atom stereocenters. The van der Waals surface area contributed by atoms with E-state index in [0.717, 1.165) is 17.3 Å². The Kier molecular flexibility index (Phi) is 26.9. The predicted molar refractivity (Wildman–Crippen MR) is 140 cm³/mol. The average molecular weight is 467 g/mol. The van der Waals surface area contributed by atoms with Crippen LogP contribution in [0, 0.1) is 12.8 Å². The van der Waals surface area contributed by atoms with Gasteiger partial charge < -0.3 is 34.3 Å². The van der Waals surface area contributed by atoms with E-state index in [-0.39, 0.29) is 36.6 Å². The molecule has 0 aromatic heterocycles. The van der Waals surface area contributed by atoms with Crippen molar-refractivity contribution in [1.82, 2.24) is 9.80 Å². The Morgan fingerprint density at radius 1 is 0.781 bits per heavy atom. The third-order valence-electron chi connectivity index (χ3n) is 4.24. The highest BCUT2D eigenvalue weighted by Crippen LogP contribution is 2.26. The molecule has 1 fully saturated rings. The number of likely N-dealkylation sites (N-methyl/N-ethyl adjacent to an activating group) is 1. The Bertz CT molecular complexity index is 347. The first-order chi connectivity index (χ1) is 14.4. The van der Waals surface area contributed by atoms with Crippen molar-refractivity contribution < 1.29 is 24.5 Å². The standard InChI is InChI=1S/C9H20NO2.2C5H11O.2C3H9N/c1-6-8(10(3,4)5)9(11)7(2)12-6;2*1-3-5(6)4-2;2*1-4(2)3/h6-9,11H,1-5H3;2*3,5-6H,4H2,1-2H3;2*1-3H3/q3*+1;;/t6?,7?,8?,9-;;;;/m1..../s1. The third-order valence-corrected chi connectivity index (χ3v) is 4.24. The molecule has 0 bridgehead atoms. The lowest BCUT2D eigenvalue weighted by Crippen LogP contribution is -2.54. The Balaban J connectivity index is -0.000000168. The van der Waals surface area contributed by atoms with E-state index in [4.69, 9.17) is 14.9 Å². The molecular weight excluding hydrogens is 406 g/mol. The van der Waals surface area contributed by atoms with Crippen molar-refractivity contribution >= 4 is 0 Å². The van der Waals surface area contributed by atoms with Crippen molar-refractivity contribution in [2.45, 2.75) is 90.9 Å². The lowest BCUT2D eigenvalue weighted by atomic mass is 10.0. The maximum atomic E-state index is 9.82. The summed E-state index contributed by atoms with van der Waals surface area (Å²) in [5.74, 6) is 0. The third kappa shape index (κ3) is 27.5. The molecule has 7 nitrogen and oxygen atoms in total. The molecule has 0 aromatic carbocycles. The number of aliphatic hydroxyl groups is 3. The minimum atomic E-state index is -0.333. The van der Waals surface area contributed by atoms with Gasteiger partial charge in [0.25, 0.3) is 0 Å². The van der Waals surface area contributed by atoms with Crippen LogP contribution >= 0.6 is 0 Å². The second-order valence-electron chi connectivity index (χ2n) is 9.94. The molecule has 0 amide bonds. The first-order valence-electron chi connectivity index (χ1n) is 11.7. The van der Waals surface area contributed by atoms with Gasteiger partial charge in [-0.25, -0.2) is 0 Å². The zero-order valence-electron chi connectivity index (χ0n) is 24.1. The van der Waals surface area contributed by atoms with Gasteiger partial charge in [0.2, 0.25) is 0 Å². The van der Waals surface area contributed by atoms with Crippen molar-refractivity contribution in [2.24, 2.45) is 0 Å². The molecule has 1 heterocycles. The van der Waals surface area contributed by atoms with Crippen molar-refractivity contribution in [3.63, 3.8) is 0 Å². The van der Waals surface area contributed by atoms with E-state index in [1.165, 1.54) is 0 Å². The lowest BCUT2D eigenvalue weighted by molar-refractivity contribution is -0.900. The minimum Gasteiger partial charge on any atom is -0.384 e. The molecule has 0 radical (unpaired) electrons. The van der Waals surface area contributed by atoms with Crippen LogP contribution in [0.3, 0.4) is 0 Å². The van der Waals surface area contributed by atoms with E-state index in [1.807, 2.05) is 93.6 Å². The summed E-state index contributed by atoms with van der Waals surface area (Å²) in [7, 11) is 18.3. The van der Waals surface area contributed by atoms with Crippen LogP contribution in [0.1, 0.15) is 54.4 Å². The van der Waals surface area contributed by atoms with Crippen LogP contribution in [0.2, 0.25) is 0 Å². The van der Waals surface area contributed by atoms with E-state index in [2.05, 4.69) is 21.1 Å². The van der Waals surface area contributed by atoms with Gasteiger partial charge in [0.15, 0.2) is 12.2 Å². The second kappa shape index (κ2) is 22.3. The van der Waals surface area contributed by atoms with Crippen LogP contribution in [0.4, 0.5) is 0 Å². The number of quaternary nitrogens is 1. The zero-order chi connectivity index (χ0) is 26.7. The van der Waals surface area contributed by atoms with Crippen molar-refractivity contribution in [2.75, 3.05) is 63.4 Å². The molecule has 1 rings (SSSR count). The number of aliphatic hydroxyl groups excluding tert-OH is 3. The van der Waals surface area contributed by atoms with E-state index < -0.39 is 0 Å². The molecule has 0 saturated carbocycles. The van der Waals surface area contributed by atoms with E-state index in [1.54, 1.807) is 12.8 Å². The van der Waals surface area contributed by atoms with Crippen molar-refractivity contribution in [3.8, 4) is 0 Å². The molecule has 0 aromatic rings. The Labute approximate surface area is 202 Å². The Hall–Kier alpha value is -0.540. The van der Waals surface area contributed by atoms with Gasteiger partial charge in [0.05, 0.1) is 41.1 Å². The molecule has 1 saturated heterocycles. The van der Waals surface area contributed by atoms with Crippen molar-refractivity contribution in [1.29, 1.82) is 0 Å². The second-order valence-corrected chi connectivity index (χ2v) is 9.94. The fourth-order valence-electron chi connectivity index (χ4n) is 2.61. The summed E-state index contributed by atoms with van der Waals surface area (Å²) >= 11 is 0. The lowest BCUT2D eigenvalue weighted by Gasteiger charge is -2.34. The topological polar surface area (TPSA) is 76.4 Å². The molecule has 0 aliphatic carbocycles. The van der Waals surface area contributed by atoms with Crippen LogP contribution in [0.5, 0.6) is 0 Å². The van der Waals surface area contributed by atoms with Gasteiger partial charge >= 0.3 is 0 Å². The highest BCUT2D eigenvalue weighted by molar-refractivity contribution is 4.87. The fraction of sp³-hybridized carbons (Fsp3) is 0.920. The number of ether oxygens (including phenoxy) is 1. The zero-order valence-corrected chi connectivity index (χ0v) is 24.1. The molecule has 6 atom stereocenters. The quantitative estimate of drug-likeness (QED) is 0.427. The summed E-state index contributed by atoms with van der Waals surface area (Å²) in [6.07, 6.45) is 4.62. The van der Waals surface area contributed by atoms with Crippen LogP contribution in [-0.4, -0.2) is 130 Å². The molecule has 1 aliphatic rings. The van der Waals surface area contributed by atoms with Crippen LogP contribution < -0.4 is 0 Å². The highest BCUT2D eigenvalue weighted by atomic mass is 16.5. The summed E-state index contributed by atoms with van der Waals surface area (Å²) in [6.45, 7) is 11.6. The SMILES string of the molecule is CC1OC(C)[C@@H](O)C1[N+](C)(C)C.CN(C)C.CN(C)C.C[CH+]C(O)CC.C[CH+]C(O)CC. The van der Waals surface area contributed by atoms with Gasteiger partial charge in [0.1, 0.15) is 31.1 Å². The molecule has 32 heavy (non-hydrogen) atoms. The van der Waals surface area contributed by atoms with Gasteiger partial charge in [-0.1, -0.05) is 13.8 Å². The van der Waals surface area contributed by atoms with E-state index in [0.29, 0.717) is 0 Å². The smallest absolute Gasteiger partial charge is 0.193 e. The molecule has 1 aliphatic heterocycles. The van der Waals surface area contributed by atoms with Crippen LogP contribution in [0.25, 0.3) is 0 Å². The summed E-state index contributed by atoms with van der Waals surface area (Å²) in [4.78, 5) is 4.00. The molecule has 3 N–H and O–H groups in total. The van der Waals surface area contributed by atoms with Crippen LogP contribution in [-0.2, 0) is 4.74 Å². The molecule has 196 valence electrons. The molecule has 0 spiro atoms. The Morgan fingerprint density at radius 3 is 1.12 bits per heavy atom. The number of nitrogens with zero attached hydrogens (tertiary/aromatic N) is 3. The van der Waals surface area contributed by atoms with E-state index in [9.17, 15) is 5.11 Å². The first kappa shape index (κ1) is 38.7. The van der Waals surface area contributed by atoms with Gasteiger partial charge in [-0.15, -0.1) is 0 Å². The van der Waals surface area contributed by atoms with E-state index >= 15 is 0 Å². The number of rotatable bonds is 5. The minimum absolute atomic E-state index is 0.0256. The summed E-state index contributed by atoms with van der Waals surface area (Å²) in [5.41, 5.74) is 0. The van der Waals surface area contributed by atoms with Crippen LogP contribution in [0.15, 0.2) is 0 Å². The molecule has 7 heteroatoms. The number of hydrogen-bond acceptors (Lipinski definition) is 6. The van der Waals surface area contributed by atoms with Crippen molar-refractivity contribution in [3.05, 3.63) is 12.8 Å². The predicted octanol–water partition coefficient (Wildman–Crippen LogP) is 2.55. The normalized spacial score (nSPS) is 23.8. The first-order valence-corrected chi connectivity index (χ1v) is 11.7. The summed E-state index contributed by atoms with van der Waals surface area (Å²) < 4.78 is 6.30. The molecular formula is C25H60N3O4+3. The Morgan fingerprint density at radius 2 is 1.06 bits per heavy atom. The van der Waals surface area contributed by atoms with Gasteiger partial charge in [-0.2, -0.15) is 0 Å². The van der Waals surface area contributed by atoms with Gasteiger partial charge in [0, 0.05) is 12.8 Å². The maximum absolute atomic E-state index is 9.82. The summed E-state index contributed by atoms with van der Waals surface area (Å²) in [5, 5.41) is 27.0. The highest BCUT2D eigenvalue weighted by Gasteiger charge is 2.46. The average Bonchev–Trinajstić information content (AvgIpc) is 2.92. The summed E-state index contributed by atoms with van der Waals surface area (Å²) in [6, 6.07) is 0.194. The largest absolute Gasteiger partial charge is 0.384 e. The maximum Gasteiger partial charge on any atom is 0.193 e. The van der Waals surface area contributed by atoms with Gasteiger partial charge in [-0.05, 0) is 56.1 Å². The number of hydrogen-bond donors (Lipinski definition) is 3.